The van der Waals surface area contributed by atoms with Crippen LogP contribution in [0.4, 0.5) is 5.95 Å². The Hall–Kier alpha value is -1.65. The van der Waals surface area contributed by atoms with Gasteiger partial charge in [0.05, 0.1) is 5.92 Å². The predicted molar refractivity (Wildman–Crippen MR) is 82.0 cm³/mol. The zero-order chi connectivity index (χ0) is 14.5. The van der Waals surface area contributed by atoms with Gasteiger partial charge in [-0.3, -0.25) is 4.79 Å². The summed E-state index contributed by atoms with van der Waals surface area (Å²) in [6, 6.07) is 2.22. The fourth-order valence-corrected chi connectivity index (χ4v) is 3.39. The molecule has 1 aromatic heterocycles. The molecule has 1 aliphatic heterocycles. The van der Waals surface area contributed by atoms with Crippen molar-refractivity contribution in [3.63, 3.8) is 0 Å². The highest BCUT2D eigenvalue weighted by atomic mass is 16.2. The Bertz CT molecular complexity index is 459. The highest BCUT2D eigenvalue weighted by molar-refractivity contribution is 5.79. The van der Waals surface area contributed by atoms with Crippen molar-refractivity contribution in [1.29, 1.82) is 0 Å². The van der Waals surface area contributed by atoms with Crippen LogP contribution in [0.2, 0.25) is 0 Å². The van der Waals surface area contributed by atoms with Crippen LogP contribution in [0.5, 0.6) is 0 Å². The van der Waals surface area contributed by atoms with Crippen molar-refractivity contribution in [3.05, 3.63) is 18.5 Å². The zero-order valence-corrected chi connectivity index (χ0v) is 12.5. The second kappa shape index (κ2) is 6.87. The van der Waals surface area contributed by atoms with Crippen LogP contribution in [0.25, 0.3) is 0 Å². The van der Waals surface area contributed by atoms with Crippen LogP contribution >= 0.6 is 0 Å². The van der Waals surface area contributed by atoms with E-state index in [0.29, 0.717) is 6.04 Å². The number of rotatable bonds is 3. The Morgan fingerprint density at radius 2 is 1.86 bits per heavy atom. The molecular formula is C16H24N4O. The average molecular weight is 288 g/mol. The van der Waals surface area contributed by atoms with E-state index in [4.69, 9.17) is 0 Å². The van der Waals surface area contributed by atoms with Gasteiger partial charge in [-0.05, 0) is 31.7 Å². The van der Waals surface area contributed by atoms with Gasteiger partial charge in [-0.15, -0.1) is 0 Å². The van der Waals surface area contributed by atoms with Crippen molar-refractivity contribution in [1.82, 2.24) is 15.3 Å². The summed E-state index contributed by atoms with van der Waals surface area (Å²) < 4.78 is 0. The minimum atomic E-state index is 0.0736. The van der Waals surface area contributed by atoms with E-state index in [-0.39, 0.29) is 11.8 Å². The largest absolute Gasteiger partial charge is 0.353 e. The Kier molecular flexibility index (Phi) is 4.68. The molecular weight excluding hydrogens is 264 g/mol. The van der Waals surface area contributed by atoms with Crippen LogP contribution in [0, 0.1) is 5.92 Å². The monoisotopic (exact) mass is 288 g/mol. The maximum Gasteiger partial charge on any atom is 0.225 e. The molecule has 2 heterocycles. The third-order valence-corrected chi connectivity index (χ3v) is 4.58. The highest BCUT2D eigenvalue weighted by Gasteiger charge is 2.28. The molecule has 1 N–H and O–H groups in total. The van der Waals surface area contributed by atoms with Gasteiger partial charge in [0.2, 0.25) is 11.9 Å². The molecule has 1 saturated carbocycles. The number of carbonyl (C=O) groups is 1. The lowest BCUT2D eigenvalue weighted by atomic mass is 9.93. The second-order valence-electron chi connectivity index (χ2n) is 6.18. The van der Waals surface area contributed by atoms with Gasteiger partial charge >= 0.3 is 0 Å². The Labute approximate surface area is 126 Å². The van der Waals surface area contributed by atoms with E-state index in [9.17, 15) is 4.79 Å². The summed E-state index contributed by atoms with van der Waals surface area (Å²) in [6.45, 7) is 1.68. The van der Waals surface area contributed by atoms with Gasteiger partial charge < -0.3 is 10.2 Å². The quantitative estimate of drug-likeness (QED) is 0.926. The van der Waals surface area contributed by atoms with E-state index < -0.39 is 0 Å². The second-order valence-corrected chi connectivity index (χ2v) is 6.18. The van der Waals surface area contributed by atoms with Crippen LogP contribution < -0.4 is 10.2 Å². The van der Waals surface area contributed by atoms with Crippen molar-refractivity contribution >= 4 is 11.9 Å². The van der Waals surface area contributed by atoms with E-state index in [1.807, 2.05) is 6.07 Å². The first kappa shape index (κ1) is 14.3. The Balaban J connectivity index is 1.56. The third kappa shape index (κ3) is 3.71. The summed E-state index contributed by atoms with van der Waals surface area (Å²) >= 11 is 0. The fraction of sp³-hybridized carbons (Fsp3) is 0.688. The van der Waals surface area contributed by atoms with Gasteiger partial charge in [0, 0.05) is 31.5 Å². The molecule has 3 rings (SSSR count). The maximum absolute atomic E-state index is 12.5. The van der Waals surface area contributed by atoms with Gasteiger partial charge in [0.15, 0.2) is 0 Å². The Morgan fingerprint density at radius 1 is 1.10 bits per heavy atom. The standard InChI is InChI=1S/C16H24N4O/c21-15(19-14-7-2-1-3-8-14)13-6-4-11-20(12-13)16-17-9-5-10-18-16/h5,9-10,13-14H,1-4,6-8,11-12H2,(H,19,21)/t13-/m0/s1. The van der Waals surface area contributed by atoms with E-state index in [2.05, 4.69) is 20.2 Å². The average Bonchev–Trinajstić information content (AvgIpc) is 2.57. The van der Waals surface area contributed by atoms with Crippen molar-refractivity contribution in [3.8, 4) is 0 Å². The number of carbonyl (C=O) groups excluding carboxylic acids is 1. The first-order valence-electron chi connectivity index (χ1n) is 8.15. The number of aromatic nitrogens is 2. The molecule has 1 atom stereocenters. The number of nitrogens with one attached hydrogen (secondary N) is 1. The molecule has 0 unspecified atom stereocenters. The number of hydrogen-bond donors (Lipinski definition) is 1. The van der Waals surface area contributed by atoms with Crippen molar-refractivity contribution in [2.24, 2.45) is 5.92 Å². The van der Waals surface area contributed by atoms with Gasteiger partial charge in [0.25, 0.3) is 0 Å². The normalized spacial score (nSPS) is 23.8. The highest BCUT2D eigenvalue weighted by Crippen LogP contribution is 2.22. The molecule has 114 valence electrons. The molecule has 0 bridgehead atoms. The molecule has 1 saturated heterocycles. The van der Waals surface area contributed by atoms with Crippen LogP contribution in [0.1, 0.15) is 44.9 Å². The number of hydrogen-bond acceptors (Lipinski definition) is 4. The summed E-state index contributed by atoms with van der Waals surface area (Å²) in [7, 11) is 0. The number of anilines is 1. The zero-order valence-electron chi connectivity index (χ0n) is 12.5. The van der Waals surface area contributed by atoms with E-state index in [1.54, 1.807) is 12.4 Å². The first-order valence-corrected chi connectivity index (χ1v) is 8.15. The summed E-state index contributed by atoms with van der Waals surface area (Å²) in [5.41, 5.74) is 0. The van der Waals surface area contributed by atoms with Crippen LogP contribution in [0.3, 0.4) is 0 Å². The molecule has 5 heteroatoms. The van der Waals surface area contributed by atoms with Gasteiger partial charge in [-0.2, -0.15) is 0 Å². The van der Waals surface area contributed by atoms with Gasteiger partial charge in [-0.25, -0.2) is 9.97 Å². The molecule has 0 radical (unpaired) electrons. The van der Waals surface area contributed by atoms with Crippen LogP contribution in [0.15, 0.2) is 18.5 Å². The van der Waals surface area contributed by atoms with Crippen molar-refractivity contribution < 1.29 is 4.79 Å². The molecule has 0 aromatic carbocycles. The number of piperidine rings is 1. The Morgan fingerprint density at radius 3 is 2.62 bits per heavy atom. The minimum Gasteiger partial charge on any atom is -0.353 e. The van der Waals surface area contributed by atoms with E-state index in [1.165, 1.54) is 19.3 Å². The topological polar surface area (TPSA) is 58.1 Å². The molecule has 2 fully saturated rings. The predicted octanol–water partition coefficient (Wildman–Crippen LogP) is 2.14. The molecule has 1 amide bonds. The third-order valence-electron chi connectivity index (χ3n) is 4.58. The lowest BCUT2D eigenvalue weighted by Gasteiger charge is -2.33. The van der Waals surface area contributed by atoms with E-state index >= 15 is 0 Å². The van der Waals surface area contributed by atoms with Crippen LogP contribution in [-0.4, -0.2) is 35.0 Å². The molecule has 0 spiro atoms. The van der Waals surface area contributed by atoms with Gasteiger partial charge in [-0.1, -0.05) is 19.3 Å². The lowest BCUT2D eigenvalue weighted by molar-refractivity contribution is -0.126. The van der Waals surface area contributed by atoms with Crippen molar-refractivity contribution in [2.75, 3.05) is 18.0 Å². The molecule has 2 aliphatic rings. The summed E-state index contributed by atoms with van der Waals surface area (Å²) in [6.07, 6.45) is 11.6. The first-order chi connectivity index (χ1) is 10.3. The van der Waals surface area contributed by atoms with Crippen molar-refractivity contribution in [2.45, 2.75) is 51.0 Å². The summed E-state index contributed by atoms with van der Waals surface area (Å²) in [5, 5.41) is 3.25. The van der Waals surface area contributed by atoms with Gasteiger partial charge in [0.1, 0.15) is 0 Å². The lowest BCUT2D eigenvalue weighted by Crippen LogP contribution is -2.46. The minimum absolute atomic E-state index is 0.0736. The maximum atomic E-state index is 12.5. The van der Waals surface area contributed by atoms with E-state index in [0.717, 1.165) is 44.7 Å². The smallest absolute Gasteiger partial charge is 0.225 e. The number of nitrogens with zero attached hydrogens (tertiary/aromatic N) is 3. The van der Waals surface area contributed by atoms with Crippen LogP contribution in [-0.2, 0) is 4.79 Å². The molecule has 5 nitrogen and oxygen atoms in total. The summed E-state index contributed by atoms with van der Waals surface area (Å²) in [4.78, 5) is 23.2. The SMILES string of the molecule is O=C(NC1CCCCC1)[C@H]1CCCN(c2ncccn2)C1. The molecule has 1 aliphatic carbocycles. The molecule has 21 heavy (non-hydrogen) atoms. The summed E-state index contributed by atoms with van der Waals surface area (Å²) in [5.74, 6) is 1.04. The fourth-order valence-electron chi connectivity index (χ4n) is 3.39. The molecule has 1 aromatic rings. The number of amides is 1.